The van der Waals surface area contributed by atoms with Gasteiger partial charge in [-0.05, 0) is 6.42 Å². The molecule has 3 N–H and O–H groups in total. The van der Waals surface area contributed by atoms with Gasteiger partial charge in [0.25, 0.3) is 0 Å². The Morgan fingerprint density at radius 2 is 2.06 bits per heavy atom. The summed E-state index contributed by atoms with van der Waals surface area (Å²) in [6.45, 7) is 2.89. The average molecular weight is 254 g/mol. The van der Waals surface area contributed by atoms with E-state index < -0.39 is 11.8 Å². The smallest absolute Gasteiger partial charge is 0.311 e. The largest absolute Gasteiger partial charge is 0.352 e. The highest BCUT2D eigenvalue weighted by atomic mass is 16.2. The highest BCUT2D eigenvalue weighted by Gasteiger charge is 2.25. The standard InChI is InChI=1S/C11H18N4O3/c16-9-2-1-8(14-9)7-13-10(17)11(18)15-5-3-12-4-6-15/h8,12H,1-7H2,(H,13,17)(H,14,16). The van der Waals surface area contributed by atoms with Gasteiger partial charge in [-0.25, -0.2) is 0 Å². The van der Waals surface area contributed by atoms with Crippen molar-refractivity contribution < 1.29 is 14.4 Å². The predicted octanol–water partition coefficient (Wildman–Crippen LogP) is -2.19. The van der Waals surface area contributed by atoms with Crippen molar-refractivity contribution >= 4 is 17.7 Å². The van der Waals surface area contributed by atoms with Crippen LogP contribution in [0.3, 0.4) is 0 Å². The molecule has 2 saturated heterocycles. The molecule has 0 aromatic carbocycles. The summed E-state index contributed by atoms with van der Waals surface area (Å²) in [7, 11) is 0. The Bertz CT molecular complexity index is 352. The van der Waals surface area contributed by atoms with Gasteiger partial charge in [-0.1, -0.05) is 0 Å². The molecule has 7 heteroatoms. The van der Waals surface area contributed by atoms with Crippen LogP contribution in [0.4, 0.5) is 0 Å². The van der Waals surface area contributed by atoms with Crippen LogP contribution in [0.1, 0.15) is 12.8 Å². The van der Waals surface area contributed by atoms with Crippen LogP contribution in [0.15, 0.2) is 0 Å². The van der Waals surface area contributed by atoms with Crippen LogP contribution < -0.4 is 16.0 Å². The molecule has 0 radical (unpaired) electrons. The average Bonchev–Trinajstić information content (AvgIpc) is 2.82. The third-order valence-electron chi connectivity index (χ3n) is 3.19. The number of rotatable bonds is 2. The van der Waals surface area contributed by atoms with Gasteiger partial charge >= 0.3 is 11.8 Å². The molecule has 7 nitrogen and oxygen atoms in total. The molecular formula is C11H18N4O3. The Hall–Kier alpha value is -1.63. The summed E-state index contributed by atoms with van der Waals surface area (Å²) in [6.07, 6.45) is 1.20. The fourth-order valence-electron chi connectivity index (χ4n) is 2.13. The Kier molecular flexibility index (Phi) is 4.14. The Morgan fingerprint density at radius 3 is 2.67 bits per heavy atom. The summed E-state index contributed by atoms with van der Waals surface area (Å²) in [5.74, 6) is -1.07. The second-order valence-corrected chi connectivity index (χ2v) is 4.56. The van der Waals surface area contributed by atoms with Crippen molar-refractivity contribution in [1.82, 2.24) is 20.9 Å². The molecule has 0 aromatic heterocycles. The van der Waals surface area contributed by atoms with Crippen molar-refractivity contribution in [3.05, 3.63) is 0 Å². The zero-order chi connectivity index (χ0) is 13.0. The van der Waals surface area contributed by atoms with Gasteiger partial charge in [-0.3, -0.25) is 14.4 Å². The van der Waals surface area contributed by atoms with Crippen LogP contribution in [0.25, 0.3) is 0 Å². The molecule has 0 spiro atoms. The maximum Gasteiger partial charge on any atom is 0.311 e. The Balaban J connectivity index is 1.73. The fourth-order valence-corrected chi connectivity index (χ4v) is 2.13. The van der Waals surface area contributed by atoms with E-state index in [1.54, 1.807) is 4.90 Å². The number of nitrogens with zero attached hydrogens (tertiary/aromatic N) is 1. The molecule has 2 fully saturated rings. The number of nitrogens with one attached hydrogen (secondary N) is 3. The summed E-state index contributed by atoms with van der Waals surface area (Å²) in [6, 6.07) is -0.0442. The lowest BCUT2D eigenvalue weighted by atomic mass is 10.2. The topological polar surface area (TPSA) is 90.5 Å². The van der Waals surface area contributed by atoms with Crippen LogP contribution in [0.2, 0.25) is 0 Å². The van der Waals surface area contributed by atoms with Gasteiger partial charge in [0.2, 0.25) is 5.91 Å². The third-order valence-corrected chi connectivity index (χ3v) is 3.19. The summed E-state index contributed by atoms with van der Waals surface area (Å²) in [5.41, 5.74) is 0. The first-order valence-electron chi connectivity index (χ1n) is 6.24. The van der Waals surface area contributed by atoms with Crippen molar-refractivity contribution in [2.24, 2.45) is 0 Å². The van der Waals surface area contributed by atoms with E-state index in [-0.39, 0.29) is 11.9 Å². The summed E-state index contributed by atoms with van der Waals surface area (Å²) >= 11 is 0. The molecule has 0 saturated carbocycles. The van der Waals surface area contributed by atoms with E-state index in [0.717, 1.165) is 13.1 Å². The molecule has 2 heterocycles. The molecule has 2 rings (SSSR count). The quantitative estimate of drug-likeness (QED) is 0.488. The van der Waals surface area contributed by atoms with Crippen LogP contribution in [-0.2, 0) is 14.4 Å². The van der Waals surface area contributed by atoms with Gasteiger partial charge < -0.3 is 20.9 Å². The first kappa shape index (κ1) is 12.8. The van der Waals surface area contributed by atoms with Crippen LogP contribution in [0, 0.1) is 0 Å². The Labute approximate surface area is 105 Å². The number of amides is 3. The summed E-state index contributed by atoms with van der Waals surface area (Å²) in [4.78, 5) is 35.9. The number of hydrogen-bond donors (Lipinski definition) is 3. The lowest BCUT2D eigenvalue weighted by Crippen LogP contribution is -2.52. The first-order chi connectivity index (χ1) is 8.66. The van der Waals surface area contributed by atoms with Crippen molar-refractivity contribution in [3.8, 4) is 0 Å². The monoisotopic (exact) mass is 254 g/mol. The Morgan fingerprint density at radius 1 is 1.33 bits per heavy atom. The minimum Gasteiger partial charge on any atom is -0.352 e. The summed E-state index contributed by atoms with van der Waals surface area (Å²) in [5, 5.41) is 8.43. The zero-order valence-corrected chi connectivity index (χ0v) is 10.2. The summed E-state index contributed by atoms with van der Waals surface area (Å²) < 4.78 is 0. The molecule has 18 heavy (non-hydrogen) atoms. The lowest BCUT2D eigenvalue weighted by Gasteiger charge is -2.26. The van der Waals surface area contributed by atoms with E-state index in [1.165, 1.54) is 0 Å². The maximum atomic E-state index is 11.8. The normalized spacial score (nSPS) is 23.7. The first-order valence-corrected chi connectivity index (χ1v) is 6.24. The molecule has 0 aromatic rings. The third kappa shape index (κ3) is 3.19. The van der Waals surface area contributed by atoms with Crippen molar-refractivity contribution in [3.63, 3.8) is 0 Å². The molecule has 1 unspecified atom stereocenters. The fraction of sp³-hybridized carbons (Fsp3) is 0.727. The molecule has 2 aliphatic rings. The van der Waals surface area contributed by atoms with Crippen molar-refractivity contribution in [1.29, 1.82) is 0 Å². The van der Waals surface area contributed by atoms with E-state index in [4.69, 9.17) is 0 Å². The zero-order valence-electron chi connectivity index (χ0n) is 10.2. The van der Waals surface area contributed by atoms with Crippen molar-refractivity contribution in [2.75, 3.05) is 32.7 Å². The van der Waals surface area contributed by atoms with Crippen LogP contribution in [0.5, 0.6) is 0 Å². The van der Waals surface area contributed by atoms with E-state index in [9.17, 15) is 14.4 Å². The number of carbonyl (C=O) groups excluding carboxylic acids is 3. The second-order valence-electron chi connectivity index (χ2n) is 4.56. The van der Waals surface area contributed by atoms with Gasteiger partial charge in [-0.2, -0.15) is 0 Å². The highest BCUT2D eigenvalue weighted by molar-refractivity contribution is 6.35. The van der Waals surface area contributed by atoms with E-state index in [2.05, 4.69) is 16.0 Å². The van der Waals surface area contributed by atoms with Gasteiger partial charge in [0.15, 0.2) is 0 Å². The lowest BCUT2D eigenvalue weighted by molar-refractivity contribution is -0.146. The molecule has 3 amide bonds. The molecule has 0 bridgehead atoms. The van der Waals surface area contributed by atoms with E-state index in [0.29, 0.717) is 32.5 Å². The minimum absolute atomic E-state index is 0.00248. The number of piperazine rings is 1. The van der Waals surface area contributed by atoms with E-state index in [1.807, 2.05) is 0 Å². The molecule has 2 aliphatic heterocycles. The van der Waals surface area contributed by atoms with Crippen molar-refractivity contribution in [2.45, 2.75) is 18.9 Å². The van der Waals surface area contributed by atoms with Gasteiger partial charge in [0.05, 0.1) is 0 Å². The number of hydrogen-bond acceptors (Lipinski definition) is 4. The maximum absolute atomic E-state index is 11.8. The second kappa shape index (κ2) is 5.81. The van der Waals surface area contributed by atoms with Gasteiger partial charge in [0, 0.05) is 45.2 Å². The van der Waals surface area contributed by atoms with Gasteiger partial charge in [-0.15, -0.1) is 0 Å². The minimum atomic E-state index is -0.585. The van der Waals surface area contributed by atoms with Gasteiger partial charge in [0.1, 0.15) is 0 Å². The molecule has 1 atom stereocenters. The molecule has 0 aliphatic carbocycles. The van der Waals surface area contributed by atoms with Crippen LogP contribution >= 0.6 is 0 Å². The molecule has 100 valence electrons. The number of carbonyl (C=O) groups is 3. The predicted molar refractivity (Wildman–Crippen MR) is 63.6 cm³/mol. The van der Waals surface area contributed by atoms with Crippen LogP contribution in [-0.4, -0.2) is 61.4 Å². The molecular weight excluding hydrogens is 236 g/mol. The highest BCUT2D eigenvalue weighted by Crippen LogP contribution is 2.05. The van der Waals surface area contributed by atoms with E-state index >= 15 is 0 Å². The SMILES string of the molecule is O=C1CCC(CNC(=O)C(=O)N2CCNCC2)N1.